The number of Topliss-reactive ketones (excluding diaryl/α,β-unsaturated/α-hetero) is 1. The van der Waals surface area contributed by atoms with Gasteiger partial charge in [0.25, 0.3) is 5.89 Å². The minimum absolute atomic E-state index is 0.0426. The second kappa shape index (κ2) is 7.31. The van der Waals surface area contributed by atoms with Crippen molar-refractivity contribution in [1.29, 1.82) is 0 Å². The van der Waals surface area contributed by atoms with Crippen molar-refractivity contribution >= 4 is 23.1 Å². The number of ether oxygens (including phenoxy) is 1. The van der Waals surface area contributed by atoms with Crippen LogP contribution in [0.15, 0.2) is 16.7 Å². The Labute approximate surface area is 132 Å². The number of esters is 1. The van der Waals surface area contributed by atoms with Crippen molar-refractivity contribution in [2.45, 2.75) is 46.1 Å². The molecular weight excluding hydrogens is 304 g/mol. The van der Waals surface area contributed by atoms with Crippen molar-refractivity contribution < 1.29 is 18.8 Å². The summed E-state index contributed by atoms with van der Waals surface area (Å²) in [6.45, 7) is 5.76. The number of aryl methyl sites for hydroxylation is 1. The van der Waals surface area contributed by atoms with Crippen LogP contribution in [-0.4, -0.2) is 21.9 Å². The summed E-state index contributed by atoms with van der Waals surface area (Å²) in [5.41, 5.74) is 0. The summed E-state index contributed by atoms with van der Waals surface area (Å²) in [7, 11) is 0. The number of ketones is 1. The van der Waals surface area contributed by atoms with Gasteiger partial charge < -0.3 is 9.26 Å². The molecule has 0 aliphatic heterocycles. The van der Waals surface area contributed by atoms with Crippen molar-refractivity contribution in [3.05, 3.63) is 33.6 Å². The second-order valence-electron chi connectivity index (χ2n) is 5.20. The lowest BCUT2D eigenvalue weighted by Crippen LogP contribution is -2.08. The Morgan fingerprint density at radius 2 is 2.09 bits per heavy atom. The minimum Gasteiger partial charge on any atom is -0.456 e. The fraction of sp³-hybridized carbons (Fsp3) is 0.467. The molecule has 0 radical (unpaired) electrons. The molecule has 0 saturated heterocycles. The molecule has 0 atom stereocenters. The van der Waals surface area contributed by atoms with E-state index in [1.165, 1.54) is 11.3 Å². The van der Waals surface area contributed by atoms with Gasteiger partial charge in [0.2, 0.25) is 0 Å². The van der Waals surface area contributed by atoms with Crippen LogP contribution in [0.5, 0.6) is 0 Å². The van der Waals surface area contributed by atoms with Crippen LogP contribution in [0.4, 0.5) is 0 Å². The number of hydrogen-bond acceptors (Lipinski definition) is 7. The van der Waals surface area contributed by atoms with E-state index >= 15 is 0 Å². The molecule has 0 amide bonds. The monoisotopic (exact) mass is 322 g/mol. The highest BCUT2D eigenvalue weighted by Gasteiger charge is 2.14. The van der Waals surface area contributed by atoms with Crippen LogP contribution in [0.25, 0.3) is 0 Å². The molecule has 2 aromatic rings. The molecule has 0 aliphatic rings. The first kappa shape index (κ1) is 16.4. The largest absolute Gasteiger partial charge is 0.456 e. The molecule has 0 bridgehead atoms. The van der Waals surface area contributed by atoms with Crippen LogP contribution < -0.4 is 0 Å². The van der Waals surface area contributed by atoms with E-state index in [9.17, 15) is 9.59 Å². The minimum atomic E-state index is -0.453. The third-order valence-electron chi connectivity index (χ3n) is 2.93. The van der Waals surface area contributed by atoms with Gasteiger partial charge in [-0.1, -0.05) is 19.0 Å². The van der Waals surface area contributed by atoms with Crippen molar-refractivity contribution in [2.24, 2.45) is 0 Å². The molecule has 2 heterocycles. The van der Waals surface area contributed by atoms with Crippen molar-refractivity contribution in [3.63, 3.8) is 0 Å². The summed E-state index contributed by atoms with van der Waals surface area (Å²) < 4.78 is 10.00. The average molecular weight is 322 g/mol. The quantitative estimate of drug-likeness (QED) is 0.575. The van der Waals surface area contributed by atoms with Gasteiger partial charge in [-0.05, 0) is 19.1 Å². The van der Waals surface area contributed by atoms with Gasteiger partial charge in [0.05, 0.1) is 11.3 Å². The lowest BCUT2D eigenvalue weighted by atomic mass is 10.2. The van der Waals surface area contributed by atoms with Gasteiger partial charge in [0.1, 0.15) is 0 Å². The van der Waals surface area contributed by atoms with Crippen molar-refractivity contribution in [3.8, 4) is 0 Å². The van der Waals surface area contributed by atoms with Gasteiger partial charge in [0, 0.05) is 17.2 Å². The maximum absolute atomic E-state index is 11.9. The summed E-state index contributed by atoms with van der Waals surface area (Å²) in [6.07, 6.45) is 0.181. The zero-order chi connectivity index (χ0) is 16.1. The summed E-state index contributed by atoms with van der Waals surface area (Å²) >= 11 is 1.43. The second-order valence-corrected chi connectivity index (χ2v) is 6.48. The molecule has 2 rings (SSSR count). The fourth-order valence-corrected chi connectivity index (χ4v) is 2.53. The molecular formula is C15H18N2O4S. The third kappa shape index (κ3) is 4.49. The first-order chi connectivity index (χ1) is 10.5. The Hall–Kier alpha value is -2.02. The Balaban J connectivity index is 1.74. The Bertz CT molecular complexity index is 660. The molecule has 7 heteroatoms. The molecule has 2 aromatic heterocycles. The Morgan fingerprint density at radius 3 is 2.68 bits per heavy atom. The Kier molecular flexibility index (Phi) is 5.43. The molecule has 0 aromatic carbocycles. The first-order valence-electron chi connectivity index (χ1n) is 7.03. The van der Waals surface area contributed by atoms with Crippen LogP contribution in [0.1, 0.15) is 58.9 Å². The topological polar surface area (TPSA) is 82.3 Å². The van der Waals surface area contributed by atoms with Gasteiger partial charge in [-0.25, -0.2) is 0 Å². The average Bonchev–Trinajstić information content (AvgIpc) is 3.11. The summed E-state index contributed by atoms with van der Waals surface area (Å²) in [4.78, 5) is 29.4. The van der Waals surface area contributed by atoms with Crippen LogP contribution in [-0.2, 0) is 16.1 Å². The van der Waals surface area contributed by atoms with E-state index in [0.717, 1.165) is 4.88 Å². The summed E-state index contributed by atoms with van der Waals surface area (Å²) in [5.74, 6) is 0.493. The molecule has 0 fully saturated rings. The van der Waals surface area contributed by atoms with Crippen molar-refractivity contribution in [2.75, 3.05) is 0 Å². The molecule has 0 spiro atoms. The highest BCUT2D eigenvalue weighted by atomic mass is 32.1. The number of rotatable bonds is 7. The molecule has 0 unspecified atom stereocenters. The SMILES string of the molecule is Cc1ccc(C(=O)CCC(=O)OCc2nc(C(C)C)no2)s1. The molecule has 0 saturated carbocycles. The maximum atomic E-state index is 11.9. The predicted molar refractivity (Wildman–Crippen MR) is 80.8 cm³/mol. The van der Waals surface area contributed by atoms with Gasteiger partial charge >= 0.3 is 5.97 Å². The third-order valence-corrected chi connectivity index (χ3v) is 3.97. The lowest BCUT2D eigenvalue weighted by Gasteiger charge is -2.01. The van der Waals surface area contributed by atoms with E-state index in [1.54, 1.807) is 6.07 Å². The molecule has 118 valence electrons. The van der Waals surface area contributed by atoms with E-state index in [2.05, 4.69) is 10.1 Å². The van der Waals surface area contributed by atoms with Crippen molar-refractivity contribution in [1.82, 2.24) is 10.1 Å². The standard InChI is InChI=1S/C15H18N2O4S/c1-9(2)15-16-13(21-17-15)8-20-14(19)7-5-11(18)12-6-4-10(3)22-12/h4,6,9H,5,7-8H2,1-3H3. The van der Waals surface area contributed by atoms with E-state index in [0.29, 0.717) is 10.7 Å². The number of carbonyl (C=O) groups is 2. The van der Waals surface area contributed by atoms with E-state index < -0.39 is 5.97 Å². The van der Waals surface area contributed by atoms with Crippen LogP contribution >= 0.6 is 11.3 Å². The summed E-state index contributed by atoms with van der Waals surface area (Å²) in [5, 5.41) is 3.78. The van der Waals surface area contributed by atoms with Gasteiger partial charge in [0.15, 0.2) is 18.2 Å². The number of nitrogens with zero attached hydrogens (tertiary/aromatic N) is 2. The smallest absolute Gasteiger partial charge is 0.306 e. The molecule has 0 N–H and O–H groups in total. The lowest BCUT2D eigenvalue weighted by molar-refractivity contribution is -0.145. The number of aromatic nitrogens is 2. The zero-order valence-electron chi connectivity index (χ0n) is 12.8. The molecule has 6 nitrogen and oxygen atoms in total. The number of thiophene rings is 1. The molecule has 0 aliphatic carbocycles. The van der Waals surface area contributed by atoms with Crippen LogP contribution in [0, 0.1) is 6.92 Å². The van der Waals surface area contributed by atoms with Gasteiger partial charge in [-0.2, -0.15) is 4.98 Å². The summed E-state index contributed by atoms with van der Waals surface area (Å²) in [6, 6.07) is 3.66. The van der Waals surface area contributed by atoms with Gasteiger partial charge in [-0.3, -0.25) is 9.59 Å². The van der Waals surface area contributed by atoms with Crippen LogP contribution in [0.3, 0.4) is 0 Å². The van der Waals surface area contributed by atoms with Gasteiger partial charge in [-0.15, -0.1) is 11.3 Å². The maximum Gasteiger partial charge on any atom is 0.306 e. The fourth-order valence-electron chi connectivity index (χ4n) is 1.70. The zero-order valence-corrected chi connectivity index (χ0v) is 13.6. The van der Waals surface area contributed by atoms with Crippen LogP contribution in [0.2, 0.25) is 0 Å². The highest BCUT2D eigenvalue weighted by molar-refractivity contribution is 7.14. The number of hydrogen-bond donors (Lipinski definition) is 0. The number of carbonyl (C=O) groups excluding carboxylic acids is 2. The molecule has 22 heavy (non-hydrogen) atoms. The normalized spacial score (nSPS) is 10.9. The van der Waals surface area contributed by atoms with E-state index in [1.807, 2.05) is 26.8 Å². The van der Waals surface area contributed by atoms with E-state index in [4.69, 9.17) is 9.26 Å². The first-order valence-corrected chi connectivity index (χ1v) is 7.85. The Morgan fingerprint density at radius 1 is 1.32 bits per heavy atom. The predicted octanol–water partition coefficient (Wildman–Crippen LogP) is 3.27. The van der Waals surface area contributed by atoms with E-state index in [-0.39, 0.29) is 37.0 Å². The highest BCUT2D eigenvalue weighted by Crippen LogP contribution is 2.17.